The number of hydrogen-bond acceptors (Lipinski definition) is 4. The van der Waals surface area contributed by atoms with Gasteiger partial charge in [0, 0.05) is 38.2 Å². The summed E-state index contributed by atoms with van der Waals surface area (Å²) in [4.78, 5) is 17.8. The Balaban J connectivity index is 1.89. The molecule has 1 aromatic heterocycles. The highest BCUT2D eigenvalue weighted by atomic mass is 16.4. The van der Waals surface area contributed by atoms with Crippen LogP contribution in [0.3, 0.4) is 0 Å². The molecule has 1 aliphatic heterocycles. The molecule has 0 spiro atoms. The minimum atomic E-state index is -0.176. The molecule has 4 heteroatoms. The lowest BCUT2D eigenvalue weighted by Gasteiger charge is -2.36. The zero-order valence-corrected chi connectivity index (χ0v) is 15.7. The molecule has 0 amide bonds. The molecular formula is C22H28N2O2. The summed E-state index contributed by atoms with van der Waals surface area (Å²) < 4.78 is 5.88. The van der Waals surface area contributed by atoms with Crippen molar-refractivity contribution in [2.24, 2.45) is 0 Å². The van der Waals surface area contributed by atoms with Gasteiger partial charge in [-0.05, 0) is 31.9 Å². The van der Waals surface area contributed by atoms with E-state index in [4.69, 9.17) is 4.42 Å². The quantitative estimate of drug-likeness (QED) is 0.825. The van der Waals surface area contributed by atoms with Crippen molar-refractivity contribution in [3.8, 4) is 11.1 Å². The molecule has 0 N–H and O–H groups in total. The summed E-state index contributed by atoms with van der Waals surface area (Å²) in [6.45, 7) is 3.99. The Morgan fingerprint density at radius 1 is 0.885 bits per heavy atom. The van der Waals surface area contributed by atoms with Crippen molar-refractivity contribution in [1.29, 1.82) is 0 Å². The van der Waals surface area contributed by atoms with Gasteiger partial charge in [0.2, 0.25) is 0 Å². The lowest BCUT2D eigenvalue weighted by atomic mass is 9.92. The Morgan fingerprint density at radius 3 is 2.31 bits per heavy atom. The van der Waals surface area contributed by atoms with Gasteiger partial charge in [0.15, 0.2) is 0 Å². The fourth-order valence-electron chi connectivity index (χ4n) is 4.24. The molecular weight excluding hydrogens is 324 g/mol. The van der Waals surface area contributed by atoms with Crippen LogP contribution >= 0.6 is 0 Å². The van der Waals surface area contributed by atoms with Gasteiger partial charge in [-0.2, -0.15) is 0 Å². The van der Waals surface area contributed by atoms with Crippen LogP contribution in [0.1, 0.15) is 37.0 Å². The number of fused-ring (bicyclic) bond motifs is 1. The third-order valence-corrected chi connectivity index (χ3v) is 5.74. The summed E-state index contributed by atoms with van der Waals surface area (Å²) in [5.41, 5.74) is 3.99. The minimum Gasteiger partial charge on any atom is -0.427 e. The van der Waals surface area contributed by atoms with E-state index in [0.29, 0.717) is 0 Å². The van der Waals surface area contributed by atoms with E-state index in [1.54, 1.807) is 0 Å². The molecule has 0 radical (unpaired) electrons. The van der Waals surface area contributed by atoms with Crippen molar-refractivity contribution in [2.45, 2.75) is 38.5 Å². The van der Waals surface area contributed by atoms with Crippen LogP contribution in [0.5, 0.6) is 0 Å². The van der Waals surface area contributed by atoms with Gasteiger partial charge in [0.05, 0.1) is 11.3 Å². The van der Waals surface area contributed by atoms with Crippen LogP contribution in [-0.4, -0.2) is 38.1 Å². The van der Waals surface area contributed by atoms with Crippen LogP contribution in [0.15, 0.2) is 39.5 Å². The first-order chi connectivity index (χ1) is 12.7. The van der Waals surface area contributed by atoms with E-state index in [-0.39, 0.29) is 5.63 Å². The van der Waals surface area contributed by atoms with Crippen molar-refractivity contribution in [2.75, 3.05) is 38.1 Å². The maximum atomic E-state index is 13.0. The maximum Gasteiger partial charge on any atom is 0.345 e. The number of benzene rings is 1. The Bertz CT molecular complexity index is 805. The van der Waals surface area contributed by atoms with Gasteiger partial charge in [0.25, 0.3) is 0 Å². The third kappa shape index (κ3) is 3.43. The zero-order chi connectivity index (χ0) is 17.9. The van der Waals surface area contributed by atoms with Crippen LogP contribution < -0.4 is 10.5 Å². The number of likely N-dealkylation sites (N-methyl/N-ethyl adjacent to an activating group) is 1. The molecule has 4 rings (SSSR count). The fourth-order valence-corrected chi connectivity index (χ4v) is 4.24. The summed E-state index contributed by atoms with van der Waals surface area (Å²) >= 11 is 0. The van der Waals surface area contributed by atoms with Gasteiger partial charge >= 0.3 is 5.63 Å². The number of rotatable bonds is 2. The van der Waals surface area contributed by atoms with E-state index < -0.39 is 0 Å². The van der Waals surface area contributed by atoms with E-state index in [1.165, 1.54) is 24.8 Å². The highest BCUT2D eigenvalue weighted by molar-refractivity contribution is 5.80. The van der Waals surface area contributed by atoms with Gasteiger partial charge in [0.1, 0.15) is 5.76 Å². The second-order valence-electron chi connectivity index (χ2n) is 7.59. The van der Waals surface area contributed by atoms with Gasteiger partial charge < -0.3 is 14.2 Å². The molecule has 1 aromatic carbocycles. The first kappa shape index (κ1) is 17.3. The molecule has 0 saturated carbocycles. The largest absolute Gasteiger partial charge is 0.427 e. The standard InChI is InChI=1S/C22H28N2O2/c1-23-13-15-24(16-14-23)21-18-11-7-2-3-8-12-19(18)26-22(25)20(21)17-9-5-4-6-10-17/h4-6,9-10H,2-3,7-8,11-16H2,1H3. The van der Waals surface area contributed by atoms with Crippen molar-refractivity contribution < 1.29 is 4.42 Å². The topological polar surface area (TPSA) is 36.7 Å². The van der Waals surface area contributed by atoms with E-state index in [0.717, 1.165) is 68.0 Å². The van der Waals surface area contributed by atoms with Crippen molar-refractivity contribution in [3.63, 3.8) is 0 Å². The van der Waals surface area contributed by atoms with Crippen molar-refractivity contribution in [1.82, 2.24) is 4.90 Å². The van der Waals surface area contributed by atoms with Gasteiger partial charge in [-0.3, -0.25) is 0 Å². The number of aryl methyl sites for hydroxylation is 1. The lowest BCUT2D eigenvalue weighted by Crippen LogP contribution is -2.45. The molecule has 1 saturated heterocycles. The average molecular weight is 352 g/mol. The monoisotopic (exact) mass is 352 g/mol. The molecule has 4 nitrogen and oxygen atoms in total. The third-order valence-electron chi connectivity index (χ3n) is 5.74. The first-order valence-electron chi connectivity index (χ1n) is 9.92. The smallest absolute Gasteiger partial charge is 0.345 e. The Morgan fingerprint density at radius 2 is 1.58 bits per heavy atom. The summed E-state index contributed by atoms with van der Waals surface area (Å²) in [6, 6.07) is 10.1. The maximum absolute atomic E-state index is 13.0. The zero-order valence-electron chi connectivity index (χ0n) is 15.7. The van der Waals surface area contributed by atoms with Gasteiger partial charge in [-0.25, -0.2) is 4.79 Å². The SMILES string of the molecule is CN1CCN(c2c3c(oc(=O)c2-c2ccccc2)CCCCCC3)CC1. The van der Waals surface area contributed by atoms with Crippen molar-refractivity contribution in [3.05, 3.63) is 52.1 Å². The predicted molar refractivity (Wildman–Crippen MR) is 106 cm³/mol. The van der Waals surface area contributed by atoms with E-state index in [2.05, 4.69) is 16.8 Å². The van der Waals surface area contributed by atoms with Crippen LogP contribution in [0.25, 0.3) is 11.1 Å². The molecule has 0 atom stereocenters. The second kappa shape index (κ2) is 7.67. The number of piperazine rings is 1. The minimum absolute atomic E-state index is 0.176. The summed E-state index contributed by atoms with van der Waals surface area (Å²) in [7, 11) is 2.17. The molecule has 1 aliphatic carbocycles. The summed E-state index contributed by atoms with van der Waals surface area (Å²) in [5.74, 6) is 0.934. The lowest BCUT2D eigenvalue weighted by molar-refractivity contribution is 0.312. The molecule has 2 heterocycles. The van der Waals surface area contributed by atoms with Crippen LogP contribution in [-0.2, 0) is 12.8 Å². The van der Waals surface area contributed by atoms with E-state index >= 15 is 0 Å². The molecule has 138 valence electrons. The fraction of sp³-hybridized carbons (Fsp3) is 0.500. The molecule has 26 heavy (non-hydrogen) atoms. The Labute approximate surface area is 155 Å². The Hall–Kier alpha value is -2.07. The van der Waals surface area contributed by atoms with Crippen LogP contribution in [0, 0.1) is 0 Å². The normalized spacial score (nSPS) is 18.9. The number of anilines is 1. The predicted octanol–water partition coefficient (Wildman–Crippen LogP) is 3.72. The van der Waals surface area contributed by atoms with Crippen LogP contribution in [0.4, 0.5) is 5.69 Å². The molecule has 0 unspecified atom stereocenters. The average Bonchev–Trinajstić information content (AvgIpc) is 2.64. The molecule has 0 bridgehead atoms. The molecule has 1 fully saturated rings. The Kier molecular flexibility index (Phi) is 5.11. The molecule has 2 aromatic rings. The highest BCUT2D eigenvalue weighted by Gasteiger charge is 2.27. The number of hydrogen-bond donors (Lipinski definition) is 0. The number of nitrogens with zero attached hydrogens (tertiary/aromatic N) is 2. The van der Waals surface area contributed by atoms with Crippen molar-refractivity contribution >= 4 is 5.69 Å². The van der Waals surface area contributed by atoms with Crippen LogP contribution in [0.2, 0.25) is 0 Å². The summed E-state index contributed by atoms with van der Waals surface area (Å²) in [6.07, 6.45) is 6.69. The first-order valence-corrected chi connectivity index (χ1v) is 9.92. The van der Waals surface area contributed by atoms with Gasteiger partial charge in [-0.15, -0.1) is 0 Å². The van der Waals surface area contributed by atoms with E-state index in [9.17, 15) is 4.79 Å². The highest BCUT2D eigenvalue weighted by Crippen LogP contribution is 2.36. The van der Waals surface area contributed by atoms with E-state index in [1.807, 2.05) is 30.3 Å². The molecule has 2 aliphatic rings. The van der Waals surface area contributed by atoms with Gasteiger partial charge in [-0.1, -0.05) is 43.2 Å². The summed E-state index contributed by atoms with van der Waals surface area (Å²) in [5, 5.41) is 0. The second-order valence-corrected chi connectivity index (χ2v) is 7.59.